The van der Waals surface area contributed by atoms with Crippen molar-refractivity contribution in [2.24, 2.45) is 0 Å². The van der Waals surface area contributed by atoms with E-state index < -0.39 is 0 Å². The summed E-state index contributed by atoms with van der Waals surface area (Å²) < 4.78 is 0. The van der Waals surface area contributed by atoms with Crippen LogP contribution < -0.4 is 0 Å². The lowest BCUT2D eigenvalue weighted by Crippen LogP contribution is -2.40. The molecule has 0 aromatic heterocycles. The van der Waals surface area contributed by atoms with Crippen LogP contribution in [0.25, 0.3) is 0 Å². The Morgan fingerprint density at radius 2 is 2.06 bits per heavy atom. The molecular formula is C15H23NO2. The average Bonchev–Trinajstić information content (AvgIpc) is 2.37. The van der Waals surface area contributed by atoms with Gasteiger partial charge in [-0.2, -0.15) is 0 Å². The number of Topliss-reactive ketones (excluding diaryl/α,β-unsaturated/α-hetero) is 1. The summed E-state index contributed by atoms with van der Waals surface area (Å²) in [4.78, 5) is 14.5. The van der Waals surface area contributed by atoms with Gasteiger partial charge in [0, 0.05) is 12.1 Å². The van der Waals surface area contributed by atoms with E-state index in [1.54, 1.807) is 0 Å². The number of ketones is 1. The largest absolute Gasteiger partial charge is 0.395 e. The topological polar surface area (TPSA) is 40.5 Å². The van der Waals surface area contributed by atoms with Gasteiger partial charge in [0.05, 0.1) is 12.6 Å². The summed E-state index contributed by atoms with van der Waals surface area (Å²) in [7, 11) is 0. The highest BCUT2D eigenvalue weighted by atomic mass is 16.3. The van der Waals surface area contributed by atoms with Crippen LogP contribution in [-0.2, 0) is 0 Å². The number of carbonyl (C=O) groups excluding carboxylic acids is 1. The zero-order valence-corrected chi connectivity index (χ0v) is 11.7. The second-order valence-electron chi connectivity index (χ2n) is 4.71. The number of nitrogens with zero attached hydrogens (tertiary/aromatic N) is 1. The van der Waals surface area contributed by atoms with E-state index in [-0.39, 0.29) is 18.4 Å². The molecule has 1 atom stereocenters. The average molecular weight is 249 g/mol. The Labute approximate surface area is 109 Å². The first kappa shape index (κ1) is 14.9. The fourth-order valence-electron chi connectivity index (χ4n) is 2.15. The van der Waals surface area contributed by atoms with Gasteiger partial charge in [-0.3, -0.25) is 9.69 Å². The fraction of sp³-hybridized carbons (Fsp3) is 0.533. The van der Waals surface area contributed by atoms with Crippen molar-refractivity contribution < 1.29 is 9.90 Å². The van der Waals surface area contributed by atoms with E-state index in [4.69, 9.17) is 5.11 Å². The van der Waals surface area contributed by atoms with E-state index >= 15 is 0 Å². The smallest absolute Gasteiger partial charge is 0.179 e. The molecule has 100 valence electrons. The zero-order valence-electron chi connectivity index (χ0n) is 11.7. The maximum absolute atomic E-state index is 12.5. The summed E-state index contributed by atoms with van der Waals surface area (Å²) in [6.45, 7) is 9.24. The third-order valence-electron chi connectivity index (χ3n) is 3.38. The molecule has 3 nitrogen and oxygen atoms in total. The quantitative estimate of drug-likeness (QED) is 0.786. The summed E-state index contributed by atoms with van der Waals surface area (Å²) >= 11 is 0. The second kappa shape index (κ2) is 6.66. The van der Waals surface area contributed by atoms with Gasteiger partial charge in [-0.05, 0) is 38.9 Å². The standard InChI is InChI=1S/C15H23NO2/c1-5-16(8-9-17)13(4)15(18)14-10-11(2)6-7-12(14)3/h6-7,10,13,17H,5,8-9H2,1-4H3. The van der Waals surface area contributed by atoms with E-state index in [1.165, 1.54) is 0 Å². The summed E-state index contributed by atoms with van der Waals surface area (Å²) in [5.74, 6) is 0.131. The highest BCUT2D eigenvalue weighted by molar-refractivity contribution is 6.01. The molecule has 1 rings (SSSR count). The summed E-state index contributed by atoms with van der Waals surface area (Å²) in [6, 6.07) is 5.75. The Morgan fingerprint density at radius 3 is 2.61 bits per heavy atom. The van der Waals surface area contributed by atoms with Crippen LogP contribution in [0, 0.1) is 13.8 Å². The van der Waals surface area contributed by atoms with Crippen molar-refractivity contribution in [3.05, 3.63) is 34.9 Å². The van der Waals surface area contributed by atoms with Gasteiger partial charge in [-0.15, -0.1) is 0 Å². The minimum absolute atomic E-state index is 0.0816. The zero-order chi connectivity index (χ0) is 13.7. The highest BCUT2D eigenvalue weighted by Gasteiger charge is 2.22. The summed E-state index contributed by atoms with van der Waals surface area (Å²) in [5.41, 5.74) is 2.90. The molecule has 0 saturated heterocycles. The van der Waals surface area contributed by atoms with E-state index in [0.29, 0.717) is 6.54 Å². The molecule has 1 aromatic rings. The molecule has 3 heteroatoms. The molecule has 0 saturated carbocycles. The first-order valence-corrected chi connectivity index (χ1v) is 6.47. The predicted molar refractivity (Wildman–Crippen MR) is 74.0 cm³/mol. The SMILES string of the molecule is CCN(CCO)C(C)C(=O)c1cc(C)ccc1C. The molecule has 0 bridgehead atoms. The molecule has 0 amide bonds. The predicted octanol–water partition coefficient (Wildman–Crippen LogP) is 2.19. The number of benzene rings is 1. The Morgan fingerprint density at radius 1 is 1.39 bits per heavy atom. The van der Waals surface area contributed by atoms with Crippen molar-refractivity contribution in [2.75, 3.05) is 19.7 Å². The third-order valence-corrected chi connectivity index (χ3v) is 3.38. The van der Waals surface area contributed by atoms with Gasteiger partial charge in [0.25, 0.3) is 0 Å². The molecule has 1 unspecified atom stereocenters. The van der Waals surface area contributed by atoms with Crippen LogP contribution in [0.4, 0.5) is 0 Å². The van der Waals surface area contributed by atoms with Crippen LogP contribution in [0.1, 0.15) is 35.3 Å². The van der Waals surface area contributed by atoms with Crippen molar-refractivity contribution in [2.45, 2.75) is 33.7 Å². The van der Waals surface area contributed by atoms with Crippen LogP contribution in [0.5, 0.6) is 0 Å². The minimum atomic E-state index is -0.192. The molecule has 0 spiro atoms. The molecular weight excluding hydrogens is 226 g/mol. The molecule has 18 heavy (non-hydrogen) atoms. The van der Waals surface area contributed by atoms with Gasteiger partial charge >= 0.3 is 0 Å². The Hall–Kier alpha value is -1.19. The van der Waals surface area contributed by atoms with Crippen LogP contribution >= 0.6 is 0 Å². The van der Waals surface area contributed by atoms with E-state index in [0.717, 1.165) is 23.2 Å². The second-order valence-corrected chi connectivity index (χ2v) is 4.71. The third kappa shape index (κ3) is 3.40. The Kier molecular flexibility index (Phi) is 5.51. The number of likely N-dealkylation sites (N-methyl/N-ethyl adjacent to an activating group) is 1. The molecule has 1 aromatic carbocycles. The molecule has 0 heterocycles. The number of hydrogen-bond donors (Lipinski definition) is 1. The van der Waals surface area contributed by atoms with Gasteiger partial charge in [0.15, 0.2) is 5.78 Å². The Bertz CT molecular complexity index is 415. The molecule has 0 aliphatic rings. The lowest BCUT2D eigenvalue weighted by molar-refractivity contribution is 0.0816. The van der Waals surface area contributed by atoms with Gasteiger partial charge in [-0.25, -0.2) is 0 Å². The first-order valence-electron chi connectivity index (χ1n) is 6.47. The van der Waals surface area contributed by atoms with Gasteiger partial charge in [-0.1, -0.05) is 24.6 Å². The van der Waals surface area contributed by atoms with Crippen LogP contribution in [0.3, 0.4) is 0 Å². The molecule has 0 aliphatic heterocycles. The summed E-state index contributed by atoms with van der Waals surface area (Å²) in [6.07, 6.45) is 0. The number of aryl methyl sites for hydroxylation is 2. The number of rotatable bonds is 6. The molecule has 1 N–H and O–H groups in total. The van der Waals surface area contributed by atoms with Crippen molar-refractivity contribution in [1.82, 2.24) is 4.90 Å². The number of aliphatic hydroxyl groups is 1. The number of aliphatic hydroxyl groups excluding tert-OH is 1. The van der Waals surface area contributed by atoms with Crippen molar-refractivity contribution in [3.63, 3.8) is 0 Å². The maximum atomic E-state index is 12.5. The van der Waals surface area contributed by atoms with Crippen molar-refractivity contribution >= 4 is 5.78 Å². The monoisotopic (exact) mass is 249 g/mol. The molecule has 0 fully saturated rings. The molecule has 0 radical (unpaired) electrons. The van der Waals surface area contributed by atoms with Crippen molar-refractivity contribution in [1.29, 1.82) is 0 Å². The number of hydrogen-bond acceptors (Lipinski definition) is 3. The number of carbonyl (C=O) groups is 1. The fourth-order valence-corrected chi connectivity index (χ4v) is 2.15. The van der Waals surface area contributed by atoms with Gasteiger partial charge in [0.2, 0.25) is 0 Å². The lowest BCUT2D eigenvalue weighted by Gasteiger charge is -2.26. The van der Waals surface area contributed by atoms with E-state index in [9.17, 15) is 4.79 Å². The highest BCUT2D eigenvalue weighted by Crippen LogP contribution is 2.15. The van der Waals surface area contributed by atoms with Gasteiger partial charge < -0.3 is 5.11 Å². The maximum Gasteiger partial charge on any atom is 0.179 e. The Balaban J connectivity index is 2.95. The first-order chi connectivity index (χ1) is 8.51. The summed E-state index contributed by atoms with van der Waals surface area (Å²) in [5, 5.41) is 9.01. The van der Waals surface area contributed by atoms with Crippen LogP contribution in [0.15, 0.2) is 18.2 Å². The minimum Gasteiger partial charge on any atom is -0.395 e. The van der Waals surface area contributed by atoms with E-state index in [1.807, 2.05) is 50.8 Å². The van der Waals surface area contributed by atoms with Crippen LogP contribution in [-0.4, -0.2) is 41.5 Å². The molecule has 0 aliphatic carbocycles. The van der Waals surface area contributed by atoms with Crippen LogP contribution in [0.2, 0.25) is 0 Å². The lowest BCUT2D eigenvalue weighted by atomic mass is 9.97. The van der Waals surface area contributed by atoms with E-state index in [2.05, 4.69) is 0 Å². The van der Waals surface area contributed by atoms with Gasteiger partial charge in [0.1, 0.15) is 0 Å². The normalized spacial score (nSPS) is 12.8. The van der Waals surface area contributed by atoms with Crippen molar-refractivity contribution in [3.8, 4) is 0 Å².